The lowest BCUT2D eigenvalue weighted by molar-refractivity contribution is 0.363. The van der Waals surface area contributed by atoms with Gasteiger partial charge in [0.1, 0.15) is 12.4 Å². The summed E-state index contributed by atoms with van der Waals surface area (Å²) < 4.78 is 5.36. The zero-order chi connectivity index (χ0) is 8.81. The van der Waals surface area contributed by atoms with Crippen molar-refractivity contribution in [2.45, 2.75) is 6.92 Å². The standard InChI is InChI=1S/C10H11ClO/c1-2-3-8-12-10-6-4-9(11)5-7-10/h2-7H,8H2,1H3. The van der Waals surface area contributed by atoms with Gasteiger partial charge in [0.05, 0.1) is 0 Å². The van der Waals surface area contributed by atoms with E-state index in [4.69, 9.17) is 16.3 Å². The second-order valence-corrected chi connectivity index (χ2v) is 2.77. The Morgan fingerprint density at radius 1 is 1.33 bits per heavy atom. The van der Waals surface area contributed by atoms with Crippen LogP contribution in [0, 0.1) is 0 Å². The molecule has 0 unspecified atom stereocenters. The molecule has 1 aromatic rings. The molecule has 2 heteroatoms. The van der Waals surface area contributed by atoms with Gasteiger partial charge in [-0.2, -0.15) is 0 Å². The number of hydrogen-bond acceptors (Lipinski definition) is 1. The summed E-state index contributed by atoms with van der Waals surface area (Å²) in [6, 6.07) is 7.33. The molecule has 0 aromatic heterocycles. The quantitative estimate of drug-likeness (QED) is 0.652. The van der Waals surface area contributed by atoms with Crippen LogP contribution in [0.2, 0.25) is 5.02 Å². The third-order valence-electron chi connectivity index (χ3n) is 1.40. The van der Waals surface area contributed by atoms with E-state index in [1.807, 2.05) is 43.3 Å². The van der Waals surface area contributed by atoms with E-state index in [1.54, 1.807) is 0 Å². The Hall–Kier alpha value is -0.950. The average Bonchev–Trinajstić information content (AvgIpc) is 2.09. The fraction of sp³-hybridized carbons (Fsp3) is 0.200. The van der Waals surface area contributed by atoms with Gasteiger partial charge in [0.2, 0.25) is 0 Å². The molecule has 1 aromatic carbocycles. The minimum atomic E-state index is 0.609. The number of allylic oxidation sites excluding steroid dienone is 1. The van der Waals surface area contributed by atoms with Crippen LogP contribution in [0.25, 0.3) is 0 Å². The van der Waals surface area contributed by atoms with Crippen molar-refractivity contribution in [1.29, 1.82) is 0 Å². The highest BCUT2D eigenvalue weighted by Gasteiger charge is 1.90. The summed E-state index contributed by atoms with van der Waals surface area (Å²) in [6.07, 6.45) is 3.91. The highest BCUT2D eigenvalue weighted by molar-refractivity contribution is 6.30. The molecule has 0 N–H and O–H groups in total. The SMILES string of the molecule is CC=CCOc1ccc(Cl)cc1. The smallest absolute Gasteiger partial charge is 0.119 e. The van der Waals surface area contributed by atoms with Crippen LogP contribution >= 0.6 is 11.6 Å². The van der Waals surface area contributed by atoms with Gasteiger partial charge < -0.3 is 4.74 Å². The van der Waals surface area contributed by atoms with E-state index >= 15 is 0 Å². The highest BCUT2D eigenvalue weighted by atomic mass is 35.5. The normalized spacial score (nSPS) is 10.5. The van der Waals surface area contributed by atoms with Crippen LogP contribution in [0.1, 0.15) is 6.92 Å². The lowest BCUT2D eigenvalue weighted by Gasteiger charge is -2.01. The molecule has 0 fully saturated rings. The molecule has 0 radical (unpaired) electrons. The van der Waals surface area contributed by atoms with E-state index in [0.717, 1.165) is 10.8 Å². The second kappa shape index (κ2) is 4.83. The molecular weight excluding hydrogens is 172 g/mol. The third-order valence-corrected chi connectivity index (χ3v) is 1.65. The first kappa shape index (κ1) is 9.14. The van der Waals surface area contributed by atoms with Crippen molar-refractivity contribution in [3.8, 4) is 5.75 Å². The van der Waals surface area contributed by atoms with Gasteiger partial charge in [0.25, 0.3) is 0 Å². The average molecular weight is 183 g/mol. The van der Waals surface area contributed by atoms with Gasteiger partial charge in [-0.15, -0.1) is 0 Å². The van der Waals surface area contributed by atoms with Gasteiger partial charge in [-0.3, -0.25) is 0 Å². The van der Waals surface area contributed by atoms with Crippen molar-refractivity contribution in [1.82, 2.24) is 0 Å². The molecule has 0 saturated heterocycles. The zero-order valence-electron chi connectivity index (χ0n) is 6.96. The first-order valence-electron chi connectivity index (χ1n) is 3.82. The molecule has 1 nitrogen and oxygen atoms in total. The Morgan fingerprint density at radius 2 is 2.00 bits per heavy atom. The zero-order valence-corrected chi connectivity index (χ0v) is 7.71. The molecule has 0 heterocycles. The van der Waals surface area contributed by atoms with E-state index in [2.05, 4.69) is 0 Å². The van der Waals surface area contributed by atoms with Gasteiger partial charge in [0.15, 0.2) is 0 Å². The maximum Gasteiger partial charge on any atom is 0.119 e. The second-order valence-electron chi connectivity index (χ2n) is 2.33. The first-order chi connectivity index (χ1) is 5.83. The molecular formula is C10H11ClO. The number of halogens is 1. The van der Waals surface area contributed by atoms with Crippen LogP contribution in [0.15, 0.2) is 36.4 Å². The molecule has 0 aliphatic carbocycles. The number of hydrogen-bond donors (Lipinski definition) is 0. The Kier molecular flexibility index (Phi) is 3.68. The predicted molar refractivity (Wildman–Crippen MR) is 51.8 cm³/mol. The van der Waals surface area contributed by atoms with Crippen molar-refractivity contribution in [2.24, 2.45) is 0 Å². The van der Waals surface area contributed by atoms with Crippen molar-refractivity contribution in [2.75, 3.05) is 6.61 Å². The van der Waals surface area contributed by atoms with Gasteiger partial charge in [-0.1, -0.05) is 23.8 Å². The Morgan fingerprint density at radius 3 is 2.58 bits per heavy atom. The van der Waals surface area contributed by atoms with E-state index in [0.29, 0.717) is 6.61 Å². The summed E-state index contributed by atoms with van der Waals surface area (Å²) in [5.41, 5.74) is 0. The maximum atomic E-state index is 5.70. The number of rotatable bonds is 3. The molecule has 0 spiro atoms. The first-order valence-corrected chi connectivity index (χ1v) is 4.20. The van der Waals surface area contributed by atoms with Gasteiger partial charge in [-0.25, -0.2) is 0 Å². The molecule has 0 saturated carbocycles. The topological polar surface area (TPSA) is 9.23 Å². The van der Waals surface area contributed by atoms with Crippen LogP contribution in [0.3, 0.4) is 0 Å². The summed E-state index contributed by atoms with van der Waals surface area (Å²) in [6.45, 7) is 2.57. The lowest BCUT2D eigenvalue weighted by Crippen LogP contribution is -1.91. The van der Waals surface area contributed by atoms with E-state index in [9.17, 15) is 0 Å². The fourth-order valence-corrected chi connectivity index (χ4v) is 0.897. The van der Waals surface area contributed by atoms with Crippen LogP contribution in [-0.2, 0) is 0 Å². The van der Waals surface area contributed by atoms with Crippen LogP contribution in [-0.4, -0.2) is 6.61 Å². The van der Waals surface area contributed by atoms with Gasteiger partial charge in [-0.05, 0) is 31.2 Å². The van der Waals surface area contributed by atoms with Crippen LogP contribution < -0.4 is 4.74 Å². The maximum absolute atomic E-state index is 5.70. The van der Waals surface area contributed by atoms with Gasteiger partial charge >= 0.3 is 0 Å². The summed E-state index contributed by atoms with van der Waals surface area (Å²) in [4.78, 5) is 0. The van der Waals surface area contributed by atoms with Crippen molar-refractivity contribution in [3.63, 3.8) is 0 Å². The summed E-state index contributed by atoms with van der Waals surface area (Å²) in [5.74, 6) is 0.845. The number of ether oxygens (including phenoxy) is 1. The van der Waals surface area contributed by atoms with Crippen molar-refractivity contribution < 1.29 is 4.74 Å². The summed E-state index contributed by atoms with van der Waals surface area (Å²) in [5, 5.41) is 0.730. The Labute approximate surface area is 77.6 Å². The third kappa shape index (κ3) is 2.97. The lowest BCUT2D eigenvalue weighted by atomic mass is 10.3. The minimum absolute atomic E-state index is 0.609. The fourth-order valence-electron chi connectivity index (χ4n) is 0.771. The van der Waals surface area contributed by atoms with E-state index in [-0.39, 0.29) is 0 Å². The summed E-state index contributed by atoms with van der Waals surface area (Å²) >= 11 is 5.70. The van der Waals surface area contributed by atoms with Crippen LogP contribution in [0.4, 0.5) is 0 Å². The largest absolute Gasteiger partial charge is 0.490 e. The number of benzene rings is 1. The Bertz CT molecular complexity index is 251. The predicted octanol–water partition coefficient (Wildman–Crippen LogP) is 3.29. The molecule has 0 atom stereocenters. The van der Waals surface area contributed by atoms with Crippen molar-refractivity contribution in [3.05, 3.63) is 41.4 Å². The molecule has 0 amide bonds. The Balaban J connectivity index is 2.47. The van der Waals surface area contributed by atoms with E-state index in [1.165, 1.54) is 0 Å². The van der Waals surface area contributed by atoms with Crippen molar-refractivity contribution >= 4 is 11.6 Å². The summed E-state index contributed by atoms with van der Waals surface area (Å²) in [7, 11) is 0. The van der Waals surface area contributed by atoms with E-state index < -0.39 is 0 Å². The molecule has 1 rings (SSSR count). The molecule has 64 valence electrons. The van der Waals surface area contributed by atoms with Gasteiger partial charge in [0, 0.05) is 5.02 Å². The minimum Gasteiger partial charge on any atom is -0.490 e. The monoisotopic (exact) mass is 182 g/mol. The molecule has 12 heavy (non-hydrogen) atoms. The molecule has 0 bridgehead atoms. The molecule has 0 aliphatic rings. The highest BCUT2D eigenvalue weighted by Crippen LogP contribution is 2.15. The van der Waals surface area contributed by atoms with Crippen LogP contribution in [0.5, 0.6) is 5.75 Å². The molecule has 0 aliphatic heterocycles.